The zero-order valence-electron chi connectivity index (χ0n) is 8.77. The third-order valence-corrected chi connectivity index (χ3v) is 3.17. The Kier molecular flexibility index (Phi) is 1.42. The molecule has 0 spiro atoms. The summed E-state index contributed by atoms with van der Waals surface area (Å²) in [5.74, 6) is 0. The summed E-state index contributed by atoms with van der Waals surface area (Å²) in [6.07, 6.45) is 0. The van der Waals surface area contributed by atoms with Gasteiger partial charge < -0.3 is 0 Å². The van der Waals surface area contributed by atoms with E-state index in [1.807, 2.05) is 30.3 Å². The van der Waals surface area contributed by atoms with Crippen LogP contribution in [0.25, 0.3) is 32.6 Å². The van der Waals surface area contributed by atoms with Gasteiger partial charge in [-0.15, -0.1) is 0 Å². The van der Waals surface area contributed by atoms with Crippen molar-refractivity contribution in [3.05, 3.63) is 46.6 Å². The highest BCUT2D eigenvalue weighted by atomic mass is 16.1. The summed E-state index contributed by atoms with van der Waals surface area (Å²) in [5.41, 5.74) is 1.21. The molecular formula is C13H7N3O. The zero-order valence-corrected chi connectivity index (χ0v) is 8.77. The molecular weight excluding hydrogens is 214 g/mol. The first-order valence-corrected chi connectivity index (χ1v) is 5.34. The van der Waals surface area contributed by atoms with Crippen LogP contribution in [0.1, 0.15) is 0 Å². The van der Waals surface area contributed by atoms with Crippen molar-refractivity contribution in [2.24, 2.45) is 0 Å². The third-order valence-electron chi connectivity index (χ3n) is 3.17. The van der Waals surface area contributed by atoms with Gasteiger partial charge in [0.1, 0.15) is 11.0 Å². The number of rotatable bonds is 0. The molecule has 0 atom stereocenters. The average Bonchev–Trinajstić information content (AvgIpc) is 2.70. The van der Waals surface area contributed by atoms with E-state index in [0.29, 0.717) is 5.52 Å². The highest BCUT2D eigenvalue weighted by molar-refractivity contribution is 6.27. The van der Waals surface area contributed by atoms with Crippen molar-refractivity contribution >= 4 is 32.6 Å². The lowest BCUT2D eigenvalue weighted by atomic mass is 10.1. The van der Waals surface area contributed by atoms with Crippen LogP contribution in [0.4, 0.5) is 0 Å². The van der Waals surface area contributed by atoms with E-state index < -0.39 is 0 Å². The van der Waals surface area contributed by atoms with Gasteiger partial charge in [-0.2, -0.15) is 15.4 Å². The van der Waals surface area contributed by atoms with Gasteiger partial charge in [-0.1, -0.05) is 24.3 Å². The summed E-state index contributed by atoms with van der Waals surface area (Å²) in [4.78, 5) is 11.8. The molecule has 80 valence electrons. The molecule has 1 heterocycles. The van der Waals surface area contributed by atoms with Crippen molar-refractivity contribution in [3.8, 4) is 0 Å². The Morgan fingerprint density at radius 1 is 0.824 bits per heavy atom. The van der Waals surface area contributed by atoms with Gasteiger partial charge in [0.2, 0.25) is 5.43 Å². The molecule has 0 unspecified atom stereocenters. The molecule has 0 amide bonds. The Hall–Kier alpha value is -2.49. The van der Waals surface area contributed by atoms with E-state index in [9.17, 15) is 4.79 Å². The molecule has 1 N–H and O–H groups in total. The Bertz CT molecular complexity index is 876. The van der Waals surface area contributed by atoms with E-state index >= 15 is 0 Å². The Morgan fingerprint density at radius 3 is 2.47 bits per heavy atom. The molecule has 0 radical (unpaired) electrons. The first kappa shape index (κ1) is 8.64. The number of nitrogens with zero attached hydrogens (tertiary/aromatic N) is 2. The van der Waals surface area contributed by atoms with Gasteiger partial charge in [0.05, 0.1) is 0 Å². The van der Waals surface area contributed by atoms with E-state index in [1.165, 1.54) is 0 Å². The molecule has 0 aliphatic carbocycles. The molecule has 0 bridgehead atoms. The summed E-state index contributed by atoms with van der Waals surface area (Å²) >= 11 is 0. The van der Waals surface area contributed by atoms with Gasteiger partial charge in [-0.25, -0.2) is 0 Å². The summed E-state index contributed by atoms with van der Waals surface area (Å²) < 4.78 is 0. The molecule has 4 nitrogen and oxygen atoms in total. The monoisotopic (exact) mass is 221 g/mol. The second kappa shape index (κ2) is 2.79. The zero-order chi connectivity index (χ0) is 11.4. The largest absolute Gasteiger partial charge is 0.287 e. The first-order chi connectivity index (χ1) is 8.36. The molecule has 3 aromatic carbocycles. The van der Waals surface area contributed by atoms with E-state index in [2.05, 4.69) is 15.4 Å². The summed E-state index contributed by atoms with van der Waals surface area (Å²) in [6.45, 7) is 0. The topological polar surface area (TPSA) is 58.6 Å². The van der Waals surface area contributed by atoms with Gasteiger partial charge >= 0.3 is 0 Å². The molecule has 17 heavy (non-hydrogen) atoms. The summed E-state index contributed by atoms with van der Waals surface area (Å²) in [6, 6.07) is 11.4. The van der Waals surface area contributed by atoms with Crippen molar-refractivity contribution in [1.82, 2.24) is 15.4 Å². The Labute approximate surface area is 95.2 Å². The van der Waals surface area contributed by atoms with Crippen LogP contribution in [-0.2, 0) is 0 Å². The van der Waals surface area contributed by atoms with E-state index in [4.69, 9.17) is 0 Å². The fourth-order valence-electron chi connectivity index (χ4n) is 2.45. The van der Waals surface area contributed by atoms with Gasteiger partial charge in [0.25, 0.3) is 0 Å². The van der Waals surface area contributed by atoms with E-state index in [0.717, 1.165) is 27.1 Å². The maximum Gasteiger partial charge on any atom is 0.206 e. The van der Waals surface area contributed by atoms with Crippen molar-refractivity contribution in [3.63, 3.8) is 0 Å². The van der Waals surface area contributed by atoms with Crippen LogP contribution in [0, 0.1) is 0 Å². The van der Waals surface area contributed by atoms with Crippen LogP contribution in [0.5, 0.6) is 0 Å². The number of nitrogens with one attached hydrogen (secondary N) is 1. The minimum Gasteiger partial charge on any atom is -0.287 e. The number of aromatic amines is 1. The second-order valence-corrected chi connectivity index (χ2v) is 4.05. The molecule has 1 aromatic heterocycles. The molecule has 0 saturated carbocycles. The summed E-state index contributed by atoms with van der Waals surface area (Å²) in [5, 5.41) is 14.8. The van der Waals surface area contributed by atoms with Crippen molar-refractivity contribution in [1.29, 1.82) is 0 Å². The van der Waals surface area contributed by atoms with Crippen molar-refractivity contribution in [2.75, 3.05) is 0 Å². The van der Waals surface area contributed by atoms with Crippen LogP contribution >= 0.6 is 0 Å². The van der Waals surface area contributed by atoms with Gasteiger partial charge in [0.15, 0.2) is 0 Å². The van der Waals surface area contributed by atoms with Crippen molar-refractivity contribution < 1.29 is 0 Å². The third kappa shape index (κ3) is 0.945. The Balaban J connectivity index is 2.54. The highest BCUT2D eigenvalue weighted by Gasteiger charge is 2.14. The minimum atomic E-state index is -0.0727. The van der Waals surface area contributed by atoms with Gasteiger partial charge in [-0.05, 0) is 22.9 Å². The predicted molar refractivity (Wildman–Crippen MR) is 66.4 cm³/mol. The standard InChI is InChI=1S/C13H7N3O/c17-10-6-5-8-7-3-1-2-4-9(7)12-11(8)13(10)15-16-14-12/h1-6,16H. The SMILES string of the molecule is O=c1ccc2c3ccccc3c3n[nH]nc1c23. The highest BCUT2D eigenvalue weighted by Crippen LogP contribution is 2.33. The van der Waals surface area contributed by atoms with Crippen LogP contribution in [0.2, 0.25) is 0 Å². The molecule has 0 saturated heterocycles. The maximum atomic E-state index is 11.8. The number of fused-ring (bicyclic) bond motifs is 3. The smallest absolute Gasteiger partial charge is 0.206 e. The number of aromatic nitrogens is 3. The van der Waals surface area contributed by atoms with E-state index in [-0.39, 0.29) is 5.43 Å². The molecule has 4 rings (SSSR count). The summed E-state index contributed by atoms with van der Waals surface area (Å²) in [7, 11) is 0. The van der Waals surface area contributed by atoms with Crippen LogP contribution in [0.3, 0.4) is 0 Å². The maximum absolute atomic E-state index is 11.8. The first-order valence-electron chi connectivity index (χ1n) is 5.34. The van der Waals surface area contributed by atoms with Gasteiger partial charge in [-0.3, -0.25) is 4.79 Å². The fourth-order valence-corrected chi connectivity index (χ4v) is 2.45. The van der Waals surface area contributed by atoms with Crippen LogP contribution < -0.4 is 5.43 Å². The number of H-pyrrole nitrogens is 1. The normalized spacial score (nSPS) is 11.8. The second-order valence-electron chi connectivity index (χ2n) is 4.05. The lowest BCUT2D eigenvalue weighted by molar-refractivity contribution is 0.918. The number of benzene rings is 2. The van der Waals surface area contributed by atoms with Gasteiger partial charge in [0, 0.05) is 10.8 Å². The predicted octanol–water partition coefficient (Wildman–Crippen LogP) is 2.06. The number of hydrogen-bond donors (Lipinski definition) is 1. The van der Waals surface area contributed by atoms with Crippen LogP contribution in [-0.4, -0.2) is 15.4 Å². The average molecular weight is 221 g/mol. The van der Waals surface area contributed by atoms with Crippen molar-refractivity contribution in [2.45, 2.75) is 0 Å². The molecule has 4 heteroatoms. The molecule has 4 aromatic rings. The fraction of sp³-hybridized carbons (Fsp3) is 0. The molecule has 0 fully saturated rings. The molecule has 0 aliphatic heterocycles. The Morgan fingerprint density at radius 2 is 1.59 bits per heavy atom. The number of hydrogen-bond acceptors (Lipinski definition) is 3. The quantitative estimate of drug-likeness (QED) is 0.494. The lowest BCUT2D eigenvalue weighted by Gasteiger charge is -1.94. The lowest BCUT2D eigenvalue weighted by Crippen LogP contribution is -2.02. The van der Waals surface area contributed by atoms with Crippen LogP contribution in [0.15, 0.2) is 41.2 Å². The molecule has 0 aliphatic rings. The van der Waals surface area contributed by atoms with E-state index in [1.54, 1.807) is 6.07 Å². The minimum absolute atomic E-state index is 0.0727.